The lowest BCUT2D eigenvalue weighted by Crippen LogP contribution is -2.27. The summed E-state index contributed by atoms with van der Waals surface area (Å²) in [6.07, 6.45) is 1.07. The average molecular weight is 235 g/mol. The maximum absolute atomic E-state index is 11.5. The summed E-state index contributed by atoms with van der Waals surface area (Å²) < 4.78 is 5.10. The third kappa shape index (κ3) is 4.22. The van der Waals surface area contributed by atoms with Crippen LogP contribution in [0.25, 0.3) is 6.08 Å². The summed E-state index contributed by atoms with van der Waals surface area (Å²) in [5.41, 5.74) is 1.05. The van der Waals surface area contributed by atoms with Gasteiger partial charge in [0, 0.05) is 0 Å². The van der Waals surface area contributed by atoms with Gasteiger partial charge in [0.1, 0.15) is 5.60 Å². The first-order valence-electron chi connectivity index (χ1n) is 5.28. The number of nitrogens with zero attached hydrogens (tertiary/aromatic N) is 2. The summed E-state index contributed by atoms with van der Waals surface area (Å²) in [7, 11) is 0. The minimum Gasteiger partial charge on any atom is -0.444 e. The number of hydrogen-bond donors (Lipinski definition) is 1. The highest BCUT2D eigenvalue weighted by molar-refractivity contribution is 5.83. The summed E-state index contributed by atoms with van der Waals surface area (Å²) >= 11 is 0. The normalized spacial score (nSPS) is 10.8. The summed E-state index contributed by atoms with van der Waals surface area (Å²) in [4.78, 5) is 11.5. The van der Waals surface area contributed by atoms with Crippen molar-refractivity contribution in [2.75, 3.05) is 5.32 Å². The predicted molar refractivity (Wildman–Crippen MR) is 66.7 cm³/mol. The van der Waals surface area contributed by atoms with Crippen molar-refractivity contribution in [3.63, 3.8) is 0 Å². The van der Waals surface area contributed by atoms with Crippen LogP contribution in [0.2, 0.25) is 0 Å². The van der Waals surface area contributed by atoms with Crippen LogP contribution < -0.4 is 5.32 Å². The molecule has 1 N–H and O–H groups in total. The summed E-state index contributed by atoms with van der Waals surface area (Å²) in [5.74, 6) is 0.363. The number of rotatable bonds is 2. The fraction of sp³-hybridized carbons (Fsp3) is 0.417. The molecule has 0 atom stereocenters. The number of aromatic nitrogens is 2. The maximum atomic E-state index is 11.5. The lowest BCUT2D eigenvalue weighted by atomic mass is 10.2. The number of amides is 1. The van der Waals surface area contributed by atoms with Crippen molar-refractivity contribution < 1.29 is 9.53 Å². The highest BCUT2D eigenvalue weighted by Crippen LogP contribution is 2.12. The summed E-state index contributed by atoms with van der Waals surface area (Å²) in [5, 5.41) is 10.3. The largest absolute Gasteiger partial charge is 0.444 e. The molecule has 1 amide bonds. The van der Waals surface area contributed by atoms with E-state index in [0.29, 0.717) is 11.5 Å². The van der Waals surface area contributed by atoms with E-state index in [-0.39, 0.29) is 0 Å². The molecule has 0 aromatic carbocycles. The highest BCUT2D eigenvalue weighted by atomic mass is 16.6. The van der Waals surface area contributed by atoms with Gasteiger partial charge in [-0.3, -0.25) is 5.32 Å². The Balaban J connectivity index is 2.73. The van der Waals surface area contributed by atoms with Gasteiger partial charge in [0.2, 0.25) is 0 Å². The molecule has 0 spiro atoms. The molecule has 5 heteroatoms. The van der Waals surface area contributed by atoms with Crippen LogP contribution >= 0.6 is 0 Å². The van der Waals surface area contributed by atoms with Crippen LogP contribution in [-0.4, -0.2) is 21.9 Å². The molecule has 0 aliphatic heterocycles. The van der Waals surface area contributed by atoms with Gasteiger partial charge in [0.15, 0.2) is 5.82 Å². The third-order valence-corrected chi connectivity index (χ3v) is 1.85. The van der Waals surface area contributed by atoms with Gasteiger partial charge in [-0.2, -0.15) is 0 Å². The second kappa shape index (κ2) is 4.95. The molecule has 0 saturated heterocycles. The zero-order valence-electron chi connectivity index (χ0n) is 10.6. The quantitative estimate of drug-likeness (QED) is 0.856. The number of hydrogen-bond acceptors (Lipinski definition) is 4. The average Bonchev–Trinajstić information content (AvgIpc) is 2.14. The molecule has 0 fully saturated rings. The molecule has 92 valence electrons. The number of anilines is 1. The fourth-order valence-corrected chi connectivity index (χ4v) is 1.17. The zero-order chi connectivity index (χ0) is 13.1. The Labute approximate surface area is 101 Å². The van der Waals surface area contributed by atoms with Crippen LogP contribution in [0, 0.1) is 6.92 Å². The predicted octanol–water partition coefficient (Wildman–Crippen LogP) is 2.78. The molecule has 0 radical (unpaired) electrons. The molecule has 1 aromatic heterocycles. The monoisotopic (exact) mass is 235 g/mol. The van der Waals surface area contributed by atoms with Crippen molar-refractivity contribution in [1.82, 2.24) is 10.2 Å². The van der Waals surface area contributed by atoms with Crippen molar-refractivity contribution >= 4 is 18.0 Å². The summed E-state index contributed by atoms with van der Waals surface area (Å²) in [6, 6.07) is 1.72. The Hall–Kier alpha value is -1.91. The van der Waals surface area contributed by atoms with Gasteiger partial charge in [-0.25, -0.2) is 4.79 Å². The van der Waals surface area contributed by atoms with Crippen molar-refractivity contribution in [1.29, 1.82) is 0 Å². The van der Waals surface area contributed by atoms with Crippen molar-refractivity contribution in [3.05, 3.63) is 23.9 Å². The SMILES string of the molecule is C=Cc1nnc(NC(=O)OC(C)(C)C)cc1C. The van der Waals surface area contributed by atoms with E-state index in [4.69, 9.17) is 4.74 Å². The number of carbonyl (C=O) groups excluding carboxylic acids is 1. The second-order valence-corrected chi connectivity index (χ2v) is 4.63. The van der Waals surface area contributed by atoms with E-state index in [1.807, 2.05) is 6.92 Å². The Morgan fingerprint density at radius 3 is 2.59 bits per heavy atom. The number of ether oxygens (including phenoxy) is 1. The minimum atomic E-state index is -0.544. The molecule has 0 bridgehead atoms. The topological polar surface area (TPSA) is 64.1 Å². The molecule has 0 aliphatic carbocycles. The van der Waals surface area contributed by atoms with Crippen molar-refractivity contribution in [2.45, 2.75) is 33.3 Å². The van der Waals surface area contributed by atoms with E-state index in [1.54, 1.807) is 32.9 Å². The van der Waals surface area contributed by atoms with E-state index in [9.17, 15) is 4.79 Å². The molecule has 1 rings (SSSR count). The van der Waals surface area contributed by atoms with Crippen LogP contribution in [0.15, 0.2) is 12.6 Å². The van der Waals surface area contributed by atoms with Gasteiger partial charge in [-0.05, 0) is 45.4 Å². The van der Waals surface area contributed by atoms with Gasteiger partial charge < -0.3 is 4.74 Å². The minimum absolute atomic E-state index is 0.363. The molecule has 0 aliphatic rings. The fourth-order valence-electron chi connectivity index (χ4n) is 1.17. The smallest absolute Gasteiger partial charge is 0.413 e. The van der Waals surface area contributed by atoms with E-state index >= 15 is 0 Å². The van der Waals surface area contributed by atoms with Crippen LogP contribution in [-0.2, 0) is 4.74 Å². The molecular weight excluding hydrogens is 218 g/mol. The first-order chi connectivity index (χ1) is 7.81. The first kappa shape index (κ1) is 13.2. The molecule has 0 saturated carbocycles. The first-order valence-corrected chi connectivity index (χ1v) is 5.28. The van der Waals surface area contributed by atoms with Gasteiger partial charge in [0.25, 0.3) is 0 Å². The van der Waals surface area contributed by atoms with Crippen LogP contribution in [0.3, 0.4) is 0 Å². The van der Waals surface area contributed by atoms with E-state index < -0.39 is 11.7 Å². The van der Waals surface area contributed by atoms with Gasteiger partial charge >= 0.3 is 6.09 Å². The van der Waals surface area contributed by atoms with E-state index in [1.165, 1.54) is 0 Å². The van der Waals surface area contributed by atoms with Gasteiger partial charge in [0.05, 0.1) is 5.69 Å². The Morgan fingerprint density at radius 2 is 2.12 bits per heavy atom. The maximum Gasteiger partial charge on any atom is 0.413 e. The number of nitrogens with one attached hydrogen (secondary N) is 1. The molecule has 1 aromatic rings. The van der Waals surface area contributed by atoms with Crippen LogP contribution in [0.5, 0.6) is 0 Å². The zero-order valence-corrected chi connectivity index (χ0v) is 10.6. The molecule has 5 nitrogen and oxygen atoms in total. The summed E-state index contributed by atoms with van der Waals surface area (Å²) in [6.45, 7) is 10.9. The van der Waals surface area contributed by atoms with Crippen molar-refractivity contribution in [2.24, 2.45) is 0 Å². The molecule has 17 heavy (non-hydrogen) atoms. The lowest BCUT2D eigenvalue weighted by molar-refractivity contribution is 0.0635. The third-order valence-electron chi connectivity index (χ3n) is 1.85. The molecule has 0 unspecified atom stereocenters. The van der Waals surface area contributed by atoms with Gasteiger partial charge in [-0.15, -0.1) is 10.2 Å². The lowest BCUT2D eigenvalue weighted by Gasteiger charge is -2.19. The molecular formula is C12H17N3O2. The number of aryl methyl sites for hydroxylation is 1. The Bertz CT molecular complexity index is 436. The second-order valence-electron chi connectivity index (χ2n) is 4.63. The molecule has 1 heterocycles. The van der Waals surface area contributed by atoms with Gasteiger partial charge in [-0.1, -0.05) is 6.58 Å². The van der Waals surface area contributed by atoms with Crippen LogP contribution in [0.1, 0.15) is 32.0 Å². The van der Waals surface area contributed by atoms with E-state index in [0.717, 1.165) is 5.56 Å². The number of carbonyl (C=O) groups is 1. The van der Waals surface area contributed by atoms with Crippen molar-refractivity contribution in [3.8, 4) is 0 Å². The standard InChI is InChI=1S/C12H17N3O2/c1-6-9-8(2)7-10(15-14-9)13-11(16)17-12(3,4)5/h6-7H,1H2,2-5H3,(H,13,15,16). The van der Waals surface area contributed by atoms with Crippen LogP contribution in [0.4, 0.5) is 10.6 Å². The highest BCUT2D eigenvalue weighted by Gasteiger charge is 2.16. The Morgan fingerprint density at radius 1 is 1.47 bits per heavy atom. The van der Waals surface area contributed by atoms with E-state index in [2.05, 4.69) is 22.1 Å². The Kier molecular flexibility index (Phi) is 3.83.